The lowest BCUT2D eigenvalue weighted by molar-refractivity contribution is 0.138. The van der Waals surface area contributed by atoms with Crippen molar-refractivity contribution in [1.82, 2.24) is 4.90 Å². The molecule has 2 nitrogen and oxygen atoms in total. The maximum absolute atomic E-state index is 5.80. The van der Waals surface area contributed by atoms with E-state index in [-0.39, 0.29) is 0 Å². The lowest BCUT2D eigenvalue weighted by atomic mass is 9.88. The molecule has 22 heavy (non-hydrogen) atoms. The number of nitrogens with zero attached hydrogens (tertiary/aromatic N) is 1. The quantitative estimate of drug-likeness (QED) is 0.641. The number of likely N-dealkylation sites (tertiary alicyclic amines) is 1. The van der Waals surface area contributed by atoms with Crippen molar-refractivity contribution in [3.05, 3.63) is 29.8 Å². The van der Waals surface area contributed by atoms with E-state index < -0.39 is 0 Å². The molecule has 0 aromatic heterocycles. The topological polar surface area (TPSA) is 29.3 Å². The molecule has 0 bridgehead atoms. The summed E-state index contributed by atoms with van der Waals surface area (Å²) in [6.07, 6.45) is 11.3. The van der Waals surface area contributed by atoms with Crippen LogP contribution in [0.5, 0.6) is 0 Å². The first-order valence-corrected chi connectivity index (χ1v) is 9.35. The zero-order valence-electron chi connectivity index (χ0n) is 14.1. The first-order chi connectivity index (χ1) is 10.8. The van der Waals surface area contributed by atoms with Crippen LogP contribution in [0.2, 0.25) is 0 Å². The number of benzene rings is 1. The predicted molar refractivity (Wildman–Crippen MR) is 95.1 cm³/mol. The zero-order chi connectivity index (χ0) is 15.4. The molecule has 0 radical (unpaired) electrons. The summed E-state index contributed by atoms with van der Waals surface area (Å²) >= 11 is 0. The van der Waals surface area contributed by atoms with Gasteiger partial charge < -0.3 is 10.6 Å². The van der Waals surface area contributed by atoms with Crippen LogP contribution in [-0.4, -0.2) is 24.0 Å². The molecule has 1 aliphatic carbocycles. The Morgan fingerprint density at radius 1 is 0.955 bits per heavy atom. The molecular formula is C20H32N2. The van der Waals surface area contributed by atoms with Gasteiger partial charge in [-0.25, -0.2) is 0 Å². The Hall–Kier alpha value is -1.02. The van der Waals surface area contributed by atoms with Gasteiger partial charge in [-0.2, -0.15) is 0 Å². The van der Waals surface area contributed by atoms with E-state index in [1.165, 1.54) is 70.0 Å². The molecule has 1 aromatic rings. The third-order valence-electron chi connectivity index (χ3n) is 6.09. The Kier molecular flexibility index (Phi) is 5.41. The lowest BCUT2D eigenvalue weighted by Gasteiger charge is -2.37. The van der Waals surface area contributed by atoms with Crippen LogP contribution in [0, 0.1) is 5.92 Å². The molecule has 1 aromatic carbocycles. The van der Waals surface area contributed by atoms with Crippen molar-refractivity contribution in [3.8, 4) is 0 Å². The summed E-state index contributed by atoms with van der Waals surface area (Å²) in [4.78, 5) is 2.80. The zero-order valence-corrected chi connectivity index (χ0v) is 14.1. The third-order valence-corrected chi connectivity index (χ3v) is 6.09. The van der Waals surface area contributed by atoms with Crippen molar-refractivity contribution in [2.75, 3.05) is 18.8 Å². The summed E-state index contributed by atoms with van der Waals surface area (Å²) < 4.78 is 0. The van der Waals surface area contributed by atoms with Gasteiger partial charge in [0, 0.05) is 11.7 Å². The number of rotatable bonds is 3. The Labute approximate surface area is 136 Å². The fourth-order valence-corrected chi connectivity index (χ4v) is 4.50. The summed E-state index contributed by atoms with van der Waals surface area (Å²) in [5.41, 5.74) is 8.17. The average molecular weight is 300 g/mol. The highest BCUT2D eigenvalue weighted by molar-refractivity contribution is 5.40. The second-order valence-corrected chi connectivity index (χ2v) is 7.41. The number of nitrogens with two attached hydrogens (primary N) is 1. The molecule has 2 heteroatoms. The van der Waals surface area contributed by atoms with Gasteiger partial charge in [0.2, 0.25) is 0 Å². The fourth-order valence-electron chi connectivity index (χ4n) is 4.50. The molecule has 2 aliphatic rings. The van der Waals surface area contributed by atoms with Crippen LogP contribution in [0.3, 0.4) is 0 Å². The highest BCUT2D eigenvalue weighted by atomic mass is 15.2. The van der Waals surface area contributed by atoms with Gasteiger partial charge in [-0.1, -0.05) is 38.3 Å². The highest BCUT2D eigenvalue weighted by Crippen LogP contribution is 2.33. The van der Waals surface area contributed by atoms with Gasteiger partial charge in [0.25, 0.3) is 0 Å². The van der Waals surface area contributed by atoms with Gasteiger partial charge in [0.05, 0.1) is 0 Å². The Morgan fingerprint density at radius 3 is 2.36 bits per heavy atom. The van der Waals surface area contributed by atoms with Crippen molar-refractivity contribution in [3.63, 3.8) is 0 Å². The molecular weight excluding hydrogens is 268 g/mol. The van der Waals surface area contributed by atoms with Crippen LogP contribution in [0.4, 0.5) is 5.69 Å². The summed E-state index contributed by atoms with van der Waals surface area (Å²) in [6.45, 7) is 4.94. The van der Waals surface area contributed by atoms with E-state index in [0.29, 0.717) is 0 Å². The molecule has 0 amide bonds. The van der Waals surface area contributed by atoms with Crippen molar-refractivity contribution >= 4 is 5.69 Å². The molecule has 2 unspecified atom stereocenters. The van der Waals surface area contributed by atoms with Crippen molar-refractivity contribution in [1.29, 1.82) is 0 Å². The molecule has 2 N–H and O–H groups in total. The molecule has 1 aliphatic heterocycles. The molecule has 0 spiro atoms. The first-order valence-electron chi connectivity index (χ1n) is 9.35. The molecule has 1 heterocycles. The van der Waals surface area contributed by atoms with Crippen LogP contribution in [0.1, 0.15) is 69.8 Å². The van der Waals surface area contributed by atoms with E-state index in [1.807, 2.05) is 0 Å². The first kappa shape index (κ1) is 15.9. The molecule has 122 valence electrons. The van der Waals surface area contributed by atoms with Crippen molar-refractivity contribution < 1.29 is 0 Å². The summed E-state index contributed by atoms with van der Waals surface area (Å²) in [6, 6.07) is 9.43. The Bertz CT molecular complexity index is 445. The smallest absolute Gasteiger partial charge is 0.0314 e. The van der Waals surface area contributed by atoms with E-state index >= 15 is 0 Å². The number of nitrogen functional groups attached to an aromatic ring is 1. The largest absolute Gasteiger partial charge is 0.399 e. The van der Waals surface area contributed by atoms with Crippen LogP contribution in [0.15, 0.2) is 24.3 Å². The van der Waals surface area contributed by atoms with Gasteiger partial charge in [0.15, 0.2) is 0 Å². The van der Waals surface area contributed by atoms with Crippen LogP contribution in [0.25, 0.3) is 0 Å². The lowest BCUT2D eigenvalue weighted by Crippen LogP contribution is -2.40. The van der Waals surface area contributed by atoms with Crippen LogP contribution < -0.4 is 5.73 Å². The molecule has 2 fully saturated rings. The minimum Gasteiger partial charge on any atom is -0.399 e. The van der Waals surface area contributed by atoms with Gasteiger partial charge in [-0.3, -0.25) is 0 Å². The average Bonchev–Trinajstić information content (AvgIpc) is 2.81. The van der Waals surface area contributed by atoms with Crippen molar-refractivity contribution in [2.24, 2.45) is 5.92 Å². The molecule has 3 rings (SSSR count). The third kappa shape index (κ3) is 3.84. The van der Waals surface area contributed by atoms with E-state index in [4.69, 9.17) is 5.73 Å². The second-order valence-electron chi connectivity index (χ2n) is 7.41. The van der Waals surface area contributed by atoms with Gasteiger partial charge in [-0.05, 0) is 74.7 Å². The molecule has 2 atom stereocenters. The van der Waals surface area contributed by atoms with E-state index in [2.05, 4.69) is 36.1 Å². The minimum atomic E-state index is 0.742. The predicted octanol–water partition coefficient (Wildman–Crippen LogP) is 4.81. The number of hydrogen-bond donors (Lipinski definition) is 1. The minimum absolute atomic E-state index is 0.742. The molecule has 1 saturated heterocycles. The van der Waals surface area contributed by atoms with E-state index in [1.54, 1.807) is 0 Å². The highest BCUT2D eigenvalue weighted by Gasteiger charge is 2.27. The van der Waals surface area contributed by atoms with Gasteiger partial charge in [-0.15, -0.1) is 0 Å². The van der Waals surface area contributed by atoms with E-state index in [9.17, 15) is 0 Å². The monoisotopic (exact) mass is 300 g/mol. The summed E-state index contributed by atoms with van der Waals surface area (Å²) in [5.74, 6) is 1.74. The van der Waals surface area contributed by atoms with Crippen LogP contribution >= 0.6 is 0 Å². The van der Waals surface area contributed by atoms with E-state index in [0.717, 1.165) is 23.6 Å². The Morgan fingerprint density at radius 2 is 1.68 bits per heavy atom. The maximum atomic E-state index is 5.80. The summed E-state index contributed by atoms with van der Waals surface area (Å²) in [5, 5.41) is 0. The second kappa shape index (κ2) is 7.50. The fraction of sp³-hybridized carbons (Fsp3) is 0.700. The standard InChI is InChI=1S/C20H32N2/c1-2-16-4-3-5-20(11-6-16)22-14-12-18(13-15-22)17-7-9-19(21)10-8-17/h7-10,16,18,20H,2-6,11-15,21H2,1H3. The van der Waals surface area contributed by atoms with Crippen molar-refractivity contribution in [2.45, 2.75) is 70.3 Å². The number of hydrogen-bond acceptors (Lipinski definition) is 2. The van der Waals surface area contributed by atoms with Crippen LogP contribution in [-0.2, 0) is 0 Å². The van der Waals surface area contributed by atoms with Gasteiger partial charge >= 0.3 is 0 Å². The normalized spacial score (nSPS) is 28.4. The maximum Gasteiger partial charge on any atom is 0.0314 e. The number of anilines is 1. The molecule has 1 saturated carbocycles. The number of piperidine rings is 1. The summed E-state index contributed by atoms with van der Waals surface area (Å²) in [7, 11) is 0. The van der Waals surface area contributed by atoms with Gasteiger partial charge in [0.1, 0.15) is 0 Å². The Balaban J connectivity index is 1.52. The SMILES string of the molecule is CCC1CCCC(N2CCC(c3ccc(N)cc3)CC2)CC1.